The quantitative estimate of drug-likeness (QED) is 0.582. The molecule has 26 heavy (non-hydrogen) atoms. The van der Waals surface area contributed by atoms with E-state index in [1.165, 1.54) is 7.11 Å². The third kappa shape index (κ3) is 5.18. The zero-order valence-electron chi connectivity index (χ0n) is 14.8. The third-order valence-electron chi connectivity index (χ3n) is 4.08. The Kier molecular flexibility index (Phi) is 7.38. The van der Waals surface area contributed by atoms with E-state index in [4.69, 9.17) is 0 Å². The van der Waals surface area contributed by atoms with Crippen LogP contribution in [0.15, 0.2) is 48.5 Å². The van der Waals surface area contributed by atoms with Gasteiger partial charge in [0.2, 0.25) is 0 Å². The second kappa shape index (κ2) is 10.00. The average Bonchev–Trinajstić information content (AvgIpc) is 2.70. The number of ether oxygens (including phenoxy) is 1. The third-order valence-corrected chi connectivity index (χ3v) is 4.08. The fourth-order valence-corrected chi connectivity index (χ4v) is 2.70. The van der Waals surface area contributed by atoms with Crippen LogP contribution in [0.2, 0.25) is 0 Å². The molecule has 1 amide bonds. The Labute approximate surface area is 153 Å². The topological polar surface area (TPSA) is 79.2 Å². The summed E-state index contributed by atoms with van der Waals surface area (Å²) in [5.74, 6) is -0.375. The highest BCUT2D eigenvalue weighted by Gasteiger charge is 2.14. The van der Waals surface area contributed by atoms with Gasteiger partial charge in [0, 0.05) is 24.1 Å². The summed E-state index contributed by atoms with van der Waals surface area (Å²) in [6.45, 7) is 0.536. The molecule has 0 unspecified atom stereocenters. The van der Waals surface area contributed by atoms with Crippen LogP contribution in [0.4, 0.5) is 0 Å². The number of esters is 1. The van der Waals surface area contributed by atoms with Gasteiger partial charge in [0.25, 0.3) is 5.91 Å². The molecule has 0 spiro atoms. The first-order valence-electron chi connectivity index (χ1n) is 8.61. The molecule has 0 radical (unpaired) electrons. The molecule has 2 aromatic carbocycles. The van der Waals surface area contributed by atoms with Gasteiger partial charge in [0.15, 0.2) is 0 Å². The van der Waals surface area contributed by atoms with Crippen molar-refractivity contribution >= 4 is 11.9 Å². The van der Waals surface area contributed by atoms with Crippen LogP contribution >= 0.6 is 0 Å². The predicted molar refractivity (Wildman–Crippen MR) is 99.4 cm³/mol. The second-order valence-corrected chi connectivity index (χ2v) is 5.85. The minimum atomic E-state index is -0.209. The molecule has 0 aliphatic rings. The van der Waals surface area contributed by atoms with Crippen LogP contribution in [0.1, 0.15) is 41.6 Å². The van der Waals surface area contributed by atoms with Crippen LogP contribution in [0.5, 0.6) is 0 Å². The summed E-state index contributed by atoms with van der Waals surface area (Å²) in [4.78, 5) is 23.6. The highest BCUT2D eigenvalue weighted by atomic mass is 16.5. The van der Waals surface area contributed by atoms with Crippen molar-refractivity contribution in [1.82, 2.24) is 5.32 Å². The molecule has 0 saturated carbocycles. The van der Waals surface area contributed by atoms with Crippen LogP contribution in [0, 0.1) is 11.3 Å². The van der Waals surface area contributed by atoms with Gasteiger partial charge in [0.05, 0.1) is 18.7 Å². The Balaban J connectivity index is 1.98. The summed E-state index contributed by atoms with van der Waals surface area (Å²) in [6.07, 6.45) is 2.78. The van der Waals surface area contributed by atoms with E-state index in [9.17, 15) is 14.9 Å². The van der Waals surface area contributed by atoms with Crippen LogP contribution in [-0.4, -0.2) is 25.5 Å². The Bertz CT molecular complexity index is 809. The van der Waals surface area contributed by atoms with Gasteiger partial charge in [-0.25, -0.2) is 0 Å². The lowest BCUT2D eigenvalue weighted by molar-refractivity contribution is -0.140. The Morgan fingerprint density at radius 1 is 1.00 bits per heavy atom. The van der Waals surface area contributed by atoms with E-state index in [0.717, 1.165) is 30.4 Å². The number of hydrogen-bond donors (Lipinski definition) is 1. The number of hydrogen-bond acceptors (Lipinski definition) is 4. The molecule has 2 rings (SSSR count). The van der Waals surface area contributed by atoms with Gasteiger partial charge < -0.3 is 10.1 Å². The average molecular weight is 350 g/mol. The van der Waals surface area contributed by atoms with Crippen LogP contribution in [0.3, 0.4) is 0 Å². The van der Waals surface area contributed by atoms with Gasteiger partial charge >= 0.3 is 5.97 Å². The molecule has 0 saturated heterocycles. The summed E-state index contributed by atoms with van der Waals surface area (Å²) >= 11 is 0. The summed E-state index contributed by atoms with van der Waals surface area (Å²) in [6, 6.07) is 16.7. The van der Waals surface area contributed by atoms with Gasteiger partial charge in [0.1, 0.15) is 0 Å². The van der Waals surface area contributed by atoms with E-state index in [-0.39, 0.29) is 11.9 Å². The minimum Gasteiger partial charge on any atom is -0.469 e. The molecular formula is C21H22N2O3. The maximum atomic E-state index is 12.6. The summed E-state index contributed by atoms with van der Waals surface area (Å²) < 4.78 is 4.60. The maximum absolute atomic E-state index is 12.6. The molecule has 2 aromatic rings. The molecule has 0 atom stereocenters. The van der Waals surface area contributed by atoms with Gasteiger partial charge in [-0.3, -0.25) is 9.59 Å². The minimum absolute atomic E-state index is 0.165. The molecule has 0 aliphatic carbocycles. The molecule has 0 heterocycles. The maximum Gasteiger partial charge on any atom is 0.305 e. The highest BCUT2D eigenvalue weighted by Crippen LogP contribution is 2.26. The molecule has 5 heteroatoms. The summed E-state index contributed by atoms with van der Waals surface area (Å²) in [5, 5.41) is 12.2. The lowest BCUT2D eigenvalue weighted by atomic mass is 9.95. The smallest absolute Gasteiger partial charge is 0.305 e. The number of nitriles is 1. The number of benzene rings is 2. The molecule has 5 nitrogen and oxygen atoms in total. The Morgan fingerprint density at radius 2 is 1.69 bits per heavy atom. The largest absolute Gasteiger partial charge is 0.469 e. The fourth-order valence-electron chi connectivity index (χ4n) is 2.70. The number of carbonyl (C=O) groups excluding carboxylic acids is 2. The van der Waals surface area contributed by atoms with Gasteiger partial charge in [-0.1, -0.05) is 42.8 Å². The number of rotatable bonds is 8. The molecule has 1 N–H and O–H groups in total. The normalized spacial score (nSPS) is 10.0. The highest BCUT2D eigenvalue weighted by molar-refractivity contribution is 6.01. The molecule has 0 aromatic heterocycles. The van der Waals surface area contributed by atoms with Crippen LogP contribution in [-0.2, 0) is 9.53 Å². The number of nitrogens with zero attached hydrogens (tertiary/aromatic N) is 1. The number of unbranched alkanes of at least 4 members (excludes halogenated alkanes) is 2. The standard InChI is InChI=1S/C21H22N2O3/c1-26-20(24)13-3-2-8-14-23-21(25)19-12-7-6-11-18(19)17-10-5-4-9-16(17)15-22/h4-7,9-12H,2-3,8,13-14H2,1H3,(H,23,25). The van der Waals surface area contributed by atoms with Crippen molar-refractivity contribution in [1.29, 1.82) is 5.26 Å². The van der Waals surface area contributed by atoms with Crippen LogP contribution < -0.4 is 5.32 Å². The van der Waals surface area contributed by atoms with E-state index >= 15 is 0 Å². The number of nitrogens with one attached hydrogen (secondary N) is 1. The van der Waals surface area contributed by atoms with E-state index < -0.39 is 0 Å². The van der Waals surface area contributed by atoms with Crippen molar-refractivity contribution in [3.05, 3.63) is 59.7 Å². The van der Waals surface area contributed by atoms with E-state index in [1.54, 1.807) is 18.2 Å². The summed E-state index contributed by atoms with van der Waals surface area (Å²) in [7, 11) is 1.38. The lowest BCUT2D eigenvalue weighted by Crippen LogP contribution is -2.25. The van der Waals surface area contributed by atoms with Crippen molar-refractivity contribution in [3.63, 3.8) is 0 Å². The van der Waals surface area contributed by atoms with Crippen molar-refractivity contribution in [2.24, 2.45) is 0 Å². The SMILES string of the molecule is COC(=O)CCCCCNC(=O)c1ccccc1-c1ccccc1C#N. The Morgan fingerprint density at radius 3 is 2.42 bits per heavy atom. The molecule has 0 aliphatic heterocycles. The van der Waals surface area contributed by atoms with Gasteiger partial charge in [-0.2, -0.15) is 5.26 Å². The zero-order valence-corrected chi connectivity index (χ0v) is 14.8. The number of methoxy groups -OCH3 is 1. The van der Waals surface area contributed by atoms with Crippen molar-refractivity contribution in [2.75, 3.05) is 13.7 Å². The van der Waals surface area contributed by atoms with Gasteiger partial charge in [-0.05, 0) is 30.5 Å². The van der Waals surface area contributed by atoms with E-state index in [1.807, 2.05) is 30.3 Å². The van der Waals surface area contributed by atoms with Crippen LogP contribution in [0.25, 0.3) is 11.1 Å². The van der Waals surface area contributed by atoms with Crippen molar-refractivity contribution in [3.8, 4) is 17.2 Å². The second-order valence-electron chi connectivity index (χ2n) is 5.85. The van der Waals surface area contributed by atoms with E-state index in [0.29, 0.717) is 24.1 Å². The van der Waals surface area contributed by atoms with Gasteiger partial charge in [-0.15, -0.1) is 0 Å². The van der Waals surface area contributed by atoms with Crippen molar-refractivity contribution < 1.29 is 14.3 Å². The number of carbonyl (C=O) groups is 2. The first kappa shape index (κ1) is 19.2. The molecule has 134 valence electrons. The predicted octanol–water partition coefficient (Wildman–Crippen LogP) is 3.69. The molecular weight excluding hydrogens is 328 g/mol. The fraction of sp³-hybridized carbons (Fsp3) is 0.286. The van der Waals surface area contributed by atoms with Crippen molar-refractivity contribution in [2.45, 2.75) is 25.7 Å². The summed E-state index contributed by atoms with van der Waals surface area (Å²) in [5.41, 5.74) is 2.58. The zero-order chi connectivity index (χ0) is 18.8. The first-order valence-corrected chi connectivity index (χ1v) is 8.61. The first-order chi connectivity index (χ1) is 12.7. The number of amides is 1. The Hall–Kier alpha value is -3.13. The lowest BCUT2D eigenvalue weighted by Gasteiger charge is -2.11. The molecule has 0 bridgehead atoms. The van der Waals surface area contributed by atoms with E-state index in [2.05, 4.69) is 16.1 Å². The monoisotopic (exact) mass is 350 g/mol. The molecule has 0 fully saturated rings.